The molecule has 0 saturated carbocycles. The molecule has 0 heterocycles. The Kier molecular flexibility index (Phi) is 5.46. The Labute approximate surface area is 85.6 Å². The van der Waals surface area contributed by atoms with E-state index in [2.05, 4.69) is 0 Å². The zero-order valence-electron chi connectivity index (χ0n) is 9.20. The normalized spacial score (nSPS) is 16.0. The van der Waals surface area contributed by atoms with E-state index in [-0.39, 0.29) is 11.5 Å². The molecule has 78 valence electrons. The Bertz CT molecular complexity index is 264. The van der Waals surface area contributed by atoms with Gasteiger partial charge in [-0.25, -0.2) is 0 Å². The SMILES string of the molecule is C\C(O)=C/C=C(C)/C(C)=C/C=C(\C)O. The lowest BCUT2D eigenvalue weighted by Crippen LogP contribution is -1.79. The highest BCUT2D eigenvalue weighted by Gasteiger charge is 1.90. The van der Waals surface area contributed by atoms with Gasteiger partial charge in [0, 0.05) is 0 Å². The van der Waals surface area contributed by atoms with Crippen molar-refractivity contribution in [2.75, 3.05) is 0 Å². The van der Waals surface area contributed by atoms with Crippen LogP contribution in [0.2, 0.25) is 0 Å². The van der Waals surface area contributed by atoms with Crippen molar-refractivity contribution in [2.45, 2.75) is 27.7 Å². The molecule has 0 amide bonds. The molecule has 2 nitrogen and oxygen atoms in total. The van der Waals surface area contributed by atoms with Gasteiger partial charge >= 0.3 is 0 Å². The molecule has 0 aliphatic carbocycles. The average Bonchev–Trinajstić information content (AvgIpc) is 2.09. The molecule has 0 unspecified atom stereocenters. The van der Waals surface area contributed by atoms with Crippen LogP contribution in [0.25, 0.3) is 0 Å². The van der Waals surface area contributed by atoms with Gasteiger partial charge in [0.1, 0.15) is 0 Å². The van der Waals surface area contributed by atoms with Crippen LogP contribution >= 0.6 is 0 Å². The number of rotatable bonds is 3. The molecule has 0 aromatic rings. The molecule has 0 aliphatic rings. The van der Waals surface area contributed by atoms with E-state index in [1.165, 1.54) is 0 Å². The molecule has 0 bridgehead atoms. The maximum absolute atomic E-state index is 8.95. The highest BCUT2D eigenvalue weighted by Crippen LogP contribution is 2.09. The molecular weight excluding hydrogens is 176 g/mol. The van der Waals surface area contributed by atoms with Crippen molar-refractivity contribution in [1.29, 1.82) is 0 Å². The monoisotopic (exact) mass is 194 g/mol. The minimum atomic E-state index is 0.283. The van der Waals surface area contributed by atoms with Crippen molar-refractivity contribution in [1.82, 2.24) is 0 Å². The fourth-order valence-electron chi connectivity index (χ4n) is 0.754. The Morgan fingerprint density at radius 3 is 1.14 bits per heavy atom. The largest absolute Gasteiger partial charge is 0.513 e. The van der Waals surface area contributed by atoms with Gasteiger partial charge in [-0.2, -0.15) is 0 Å². The second-order valence-electron chi connectivity index (χ2n) is 3.32. The smallest absolute Gasteiger partial charge is 0.0891 e. The van der Waals surface area contributed by atoms with Gasteiger partial charge in [0.15, 0.2) is 0 Å². The van der Waals surface area contributed by atoms with Crippen LogP contribution in [0.15, 0.2) is 47.0 Å². The van der Waals surface area contributed by atoms with Crippen LogP contribution in [0.5, 0.6) is 0 Å². The highest BCUT2D eigenvalue weighted by molar-refractivity contribution is 5.33. The third-order valence-corrected chi connectivity index (χ3v) is 1.77. The Balaban J connectivity index is 4.62. The number of hydrogen-bond acceptors (Lipinski definition) is 2. The van der Waals surface area contributed by atoms with E-state index in [0.717, 1.165) is 11.1 Å². The molecular formula is C12H18O2. The molecule has 2 heteroatoms. The van der Waals surface area contributed by atoms with Crippen molar-refractivity contribution < 1.29 is 10.2 Å². The van der Waals surface area contributed by atoms with Gasteiger partial charge in [-0.3, -0.25) is 0 Å². The summed E-state index contributed by atoms with van der Waals surface area (Å²) in [6, 6.07) is 0. The van der Waals surface area contributed by atoms with Crippen LogP contribution in [0, 0.1) is 0 Å². The number of allylic oxidation sites excluding steroid dienone is 8. The van der Waals surface area contributed by atoms with Crippen molar-refractivity contribution in [3.63, 3.8) is 0 Å². The molecule has 0 radical (unpaired) electrons. The van der Waals surface area contributed by atoms with Crippen molar-refractivity contribution in [2.24, 2.45) is 0 Å². The topological polar surface area (TPSA) is 40.5 Å². The van der Waals surface area contributed by atoms with Gasteiger partial charge in [0.2, 0.25) is 0 Å². The van der Waals surface area contributed by atoms with E-state index < -0.39 is 0 Å². The summed E-state index contributed by atoms with van der Waals surface area (Å²) in [7, 11) is 0. The van der Waals surface area contributed by atoms with E-state index in [1.807, 2.05) is 26.0 Å². The van der Waals surface area contributed by atoms with Gasteiger partial charge in [0.05, 0.1) is 11.5 Å². The summed E-state index contributed by atoms with van der Waals surface area (Å²) in [6.07, 6.45) is 6.95. The zero-order chi connectivity index (χ0) is 11.1. The van der Waals surface area contributed by atoms with Gasteiger partial charge < -0.3 is 10.2 Å². The molecule has 0 aromatic carbocycles. The summed E-state index contributed by atoms with van der Waals surface area (Å²) >= 11 is 0. The Morgan fingerprint density at radius 1 is 0.643 bits per heavy atom. The lowest BCUT2D eigenvalue weighted by molar-refractivity contribution is 0.414. The lowest BCUT2D eigenvalue weighted by Gasteiger charge is -1.98. The molecule has 0 aromatic heterocycles. The predicted molar refractivity (Wildman–Crippen MR) is 60.3 cm³/mol. The maximum atomic E-state index is 8.95. The van der Waals surface area contributed by atoms with Crippen LogP contribution in [0.4, 0.5) is 0 Å². The Morgan fingerprint density at radius 2 is 0.929 bits per heavy atom. The molecule has 0 spiro atoms. The molecule has 0 atom stereocenters. The number of hydrogen-bond donors (Lipinski definition) is 2. The van der Waals surface area contributed by atoms with E-state index >= 15 is 0 Å². The first-order chi connectivity index (χ1) is 6.43. The molecule has 0 rings (SSSR count). The van der Waals surface area contributed by atoms with Gasteiger partial charge in [-0.15, -0.1) is 0 Å². The minimum absolute atomic E-state index is 0.283. The fourth-order valence-corrected chi connectivity index (χ4v) is 0.754. The number of aliphatic hydroxyl groups excluding tert-OH is 2. The standard InChI is InChI=1S/C12H18O2/c1-9(5-7-11(3)13)10(2)6-8-12(4)14/h5-8,13-14H,1-4H3/b9-5+,10-6+,11-7+,12-8+. The molecule has 0 fully saturated rings. The predicted octanol–water partition coefficient (Wildman–Crippen LogP) is 3.80. The summed E-state index contributed by atoms with van der Waals surface area (Å²) in [5, 5.41) is 17.9. The second kappa shape index (κ2) is 6.08. The Hall–Kier alpha value is -1.44. The number of aliphatic hydroxyl groups is 2. The first-order valence-corrected chi connectivity index (χ1v) is 4.52. The first-order valence-electron chi connectivity index (χ1n) is 4.52. The summed E-state index contributed by atoms with van der Waals surface area (Å²) in [5.41, 5.74) is 2.10. The van der Waals surface area contributed by atoms with Crippen LogP contribution < -0.4 is 0 Å². The fraction of sp³-hybridized carbons (Fsp3) is 0.333. The third-order valence-electron chi connectivity index (χ3n) is 1.77. The van der Waals surface area contributed by atoms with Crippen molar-refractivity contribution in [3.8, 4) is 0 Å². The summed E-state index contributed by atoms with van der Waals surface area (Å²) < 4.78 is 0. The lowest BCUT2D eigenvalue weighted by atomic mass is 10.1. The van der Waals surface area contributed by atoms with E-state index in [1.54, 1.807) is 26.0 Å². The van der Waals surface area contributed by atoms with E-state index in [0.29, 0.717) is 0 Å². The summed E-state index contributed by atoms with van der Waals surface area (Å²) in [4.78, 5) is 0. The molecule has 0 saturated heterocycles. The average molecular weight is 194 g/mol. The zero-order valence-corrected chi connectivity index (χ0v) is 9.20. The quantitative estimate of drug-likeness (QED) is 0.530. The van der Waals surface area contributed by atoms with Crippen molar-refractivity contribution >= 4 is 0 Å². The van der Waals surface area contributed by atoms with Crippen LogP contribution in [0.3, 0.4) is 0 Å². The van der Waals surface area contributed by atoms with Crippen LogP contribution in [-0.2, 0) is 0 Å². The second-order valence-corrected chi connectivity index (χ2v) is 3.32. The van der Waals surface area contributed by atoms with E-state index in [4.69, 9.17) is 10.2 Å². The third kappa shape index (κ3) is 6.12. The molecule has 14 heavy (non-hydrogen) atoms. The molecule has 0 aliphatic heterocycles. The maximum Gasteiger partial charge on any atom is 0.0891 e. The summed E-state index contributed by atoms with van der Waals surface area (Å²) in [6.45, 7) is 7.15. The van der Waals surface area contributed by atoms with Gasteiger partial charge in [-0.1, -0.05) is 12.2 Å². The van der Waals surface area contributed by atoms with E-state index in [9.17, 15) is 0 Å². The summed E-state index contributed by atoms with van der Waals surface area (Å²) in [5.74, 6) is 0.567. The molecule has 2 N–H and O–H groups in total. The van der Waals surface area contributed by atoms with Crippen molar-refractivity contribution in [3.05, 3.63) is 47.0 Å². The van der Waals surface area contributed by atoms with Gasteiger partial charge in [0.25, 0.3) is 0 Å². The minimum Gasteiger partial charge on any atom is -0.513 e. The van der Waals surface area contributed by atoms with Gasteiger partial charge in [-0.05, 0) is 51.0 Å². The highest BCUT2D eigenvalue weighted by atomic mass is 16.3. The van der Waals surface area contributed by atoms with Crippen LogP contribution in [-0.4, -0.2) is 10.2 Å². The van der Waals surface area contributed by atoms with Crippen LogP contribution in [0.1, 0.15) is 27.7 Å². The first kappa shape index (κ1) is 12.6.